The monoisotopic (exact) mass is 528 g/mol. The maximum Gasteiger partial charge on any atom is 0.490 e. The third-order valence-electron chi connectivity index (χ3n) is 8.05. The first-order chi connectivity index (χ1) is 17.4. The molecule has 208 valence electrons. The lowest BCUT2D eigenvalue weighted by atomic mass is 9.76. The molecule has 2 aliphatic heterocycles. The smallest absolute Gasteiger partial charge is 0.475 e. The lowest BCUT2D eigenvalue weighted by Gasteiger charge is -2.39. The zero-order valence-electron chi connectivity index (χ0n) is 21.7. The van der Waals surface area contributed by atoms with Crippen molar-refractivity contribution in [1.29, 1.82) is 0 Å². The molecule has 2 heterocycles. The van der Waals surface area contributed by atoms with Crippen LogP contribution < -0.4 is 0 Å². The van der Waals surface area contributed by atoms with Crippen molar-refractivity contribution >= 4 is 11.9 Å². The number of piperidine rings is 1. The van der Waals surface area contributed by atoms with Gasteiger partial charge in [0.15, 0.2) is 0 Å². The summed E-state index contributed by atoms with van der Waals surface area (Å²) in [6, 6.07) is 8.60. The number of aryl methyl sites for hydroxylation is 1. The van der Waals surface area contributed by atoms with E-state index in [2.05, 4.69) is 24.9 Å². The minimum atomic E-state index is -5.08. The summed E-state index contributed by atoms with van der Waals surface area (Å²) in [5, 5.41) is 16.9. The molecular weight excluding hydrogens is 489 g/mol. The molecule has 3 aliphatic rings. The fraction of sp³-hybridized carbons (Fsp3) is 0.704. The largest absolute Gasteiger partial charge is 0.490 e. The zero-order chi connectivity index (χ0) is 27.2. The van der Waals surface area contributed by atoms with Crippen molar-refractivity contribution in [3.63, 3.8) is 0 Å². The fourth-order valence-corrected chi connectivity index (χ4v) is 5.72. The molecule has 4 rings (SSSR count). The molecule has 1 aliphatic carbocycles. The van der Waals surface area contributed by atoms with Crippen LogP contribution in [0.25, 0.3) is 0 Å². The van der Waals surface area contributed by atoms with Gasteiger partial charge >= 0.3 is 12.1 Å². The maximum atomic E-state index is 13.1. The number of amides is 1. The molecule has 10 heteroatoms. The number of halogens is 3. The van der Waals surface area contributed by atoms with Crippen molar-refractivity contribution in [3.05, 3.63) is 35.4 Å². The van der Waals surface area contributed by atoms with Crippen molar-refractivity contribution in [3.8, 4) is 0 Å². The van der Waals surface area contributed by atoms with Crippen LogP contribution in [0.15, 0.2) is 24.3 Å². The Bertz CT molecular complexity index is 910. The first-order valence-corrected chi connectivity index (χ1v) is 13.1. The number of carbonyl (C=O) groups excluding carboxylic acids is 1. The second kappa shape index (κ2) is 12.6. The maximum absolute atomic E-state index is 13.1. The summed E-state index contributed by atoms with van der Waals surface area (Å²) in [5.74, 6) is -2.57. The standard InChI is InChI=1S/C25H38N2O3.C2HF3O2/c1-3-19-6-4-5-7-23(19)24(29)27-14-12-25(13-15-27)16-22(30-18-25)17-26(2)20-8-10-21(28)11-9-20;3-2(4,5)1(6)7/h4-7,20-22,28H,3,8-18H2,1-2H3;(H,6,7). The second-order valence-corrected chi connectivity index (χ2v) is 10.6. The highest BCUT2D eigenvalue weighted by molar-refractivity contribution is 5.95. The molecule has 1 amide bonds. The van der Waals surface area contributed by atoms with Crippen LogP contribution in [0, 0.1) is 5.41 Å². The lowest BCUT2D eigenvalue weighted by Crippen LogP contribution is -2.44. The van der Waals surface area contributed by atoms with E-state index in [1.165, 1.54) is 0 Å². The van der Waals surface area contributed by atoms with Gasteiger partial charge in [0.05, 0.1) is 18.8 Å². The Morgan fingerprint density at radius 3 is 2.30 bits per heavy atom. The molecule has 1 atom stereocenters. The van der Waals surface area contributed by atoms with Crippen molar-refractivity contribution in [2.45, 2.75) is 82.7 Å². The Morgan fingerprint density at radius 2 is 1.73 bits per heavy atom. The van der Waals surface area contributed by atoms with Crippen LogP contribution in [0.4, 0.5) is 13.2 Å². The van der Waals surface area contributed by atoms with Crippen LogP contribution in [-0.4, -0.2) is 89.6 Å². The number of alkyl halides is 3. The number of carboxylic acid groups (broad SMARTS) is 1. The highest BCUT2D eigenvalue weighted by atomic mass is 19.4. The lowest BCUT2D eigenvalue weighted by molar-refractivity contribution is -0.192. The number of aliphatic carboxylic acids is 1. The highest BCUT2D eigenvalue weighted by Gasteiger charge is 2.44. The topological polar surface area (TPSA) is 90.3 Å². The first kappa shape index (κ1) is 29.4. The minimum absolute atomic E-state index is 0.0992. The van der Waals surface area contributed by atoms with E-state index in [0.717, 1.165) is 88.7 Å². The average molecular weight is 529 g/mol. The number of likely N-dealkylation sites (N-methyl/N-ethyl adjacent to an activating group) is 1. The van der Waals surface area contributed by atoms with Crippen LogP contribution in [0.2, 0.25) is 0 Å². The summed E-state index contributed by atoms with van der Waals surface area (Å²) >= 11 is 0. The molecule has 1 unspecified atom stereocenters. The van der Waals surface area contributed by atoms with E-state index in [-0.39, 0.29) is 17.4 Å². The third kappa shape index (κ3) is 7.91. The van der Waals surface area contributed by atoms with Gasteiger partial charge in [-0.2, -0.15) is 13.2 Å². The van der Waals surface area contributed by atoms with E-state index in [4.69, 9.17) is 14.6 Å². The van der Waals surface area contributed by atoms with Gasteiger partial charge in [0.2, 0.25) is 0 Å². The van der Waals surface area contributed by atoms with Gasteiger partial charge in [0.25, 0.3) is 5.91 Å². The molecule has 1 saturated carbocycles. The zero-order valence-corrected chi connectivity index (χ0v) is 21.7. The first-order valence-electron chi connectivity index (χ1n) is 13.1. The summed E-state index contributed by atoms with van der Waals surface area (Å²) in [7, 11) is 2.21. The summed E-state index contributed by atoms with van der Waals surface area (Å²) in [5.41, 5.74) is 2.26. The number of rotatable bonds is 5. The number of benzene rings is 1. The van der Waals surface area contributed by atoms with Crippen molar-refractivity contribution in [2.24, 2.45) is 5.41 Å². The molecule has 2 N–H and O–H groups in total. The predicted octanol–water partition coefficient (Wildman–Crippen LogP) is 4.13. The highest BCUT2D eigenvalue weighted by Crippen LogP contribution is 2.42. The Labute approximate surface area is 216 Å². The molecular formula is C27H39F3N2O5. The van der Waals surface area contributed by atoms with Crippen molar-refractivity contribution in [2.75, 3.05) is 33.3 Å². The molecule has 2 saturated heterocycles. The van der Waals surface area contributed by atoms with Crippen LogP contribution in [0.1, 0.15) is 67.8 Å². The van der Waals surface area contributed by atoms with E-state index in [9.17, 15) is 23.1 Å². The quantitative estimate of drug-likeness (QED) is 0.598. The molecule has 0 bridgehead atoms. The average Bonchev–Trinajstić information content (AvgIpc) is 3.25. The van der Waals surface area contributed by atoms with Gasteiger partial charge in [-0.05, 0) is 75.5 Å². The number of aliphatic hydroxyl groups is 1. The van der Waals surface area contributed by atoms with Gasteiger partial charge in [-0.3, -0.25) is 4.79 Å². The molecule has 37 heavy (non-hydrogen) atoms. The Kier molecular flexibility index (Phi) is 9.99. The van der Waals surface area contributed by atoms with Crippen LogP contribution in [0.3, 0.4) is 0 Å². The van der Waals surface area contributed by atoms with Gasteiger partial charge in [-0.25, -0.2) is 4.79 Å². The summed E-state index contributed by atoms with van der Waals surface area (Å²) in [6.45, 7) is 5.60. The van der Waals surface area contributed by atoms with Gasteiger partial charge in [0.1, 0.15) is 0 Å². The summed E-state index contributed by atoms with van der Waals surface area (Å²) in [6.07, 6.45) is 3.24. The molecule has 0 radical (unpaired) electrons. The van der Waals surface area contributed by atoms with Gasteiger partial charge in [-0.1, -0.05) is 25.1 Å². The number of aliphatic hydroxyl groups excluding tert-OH is 1. The van der Waals surface area contributed by atoms with Gasteiger partial charge in [0, 0.05) is 31.2 Å². The van der Waals surface area contributed by atoms with Crippen LogP contribution in [0.5, 0.6) is 0 Å². The fourth-order valence-electron chi connectivity index (χ4n) is 5.72. The Balaban J connectivity index is 0.000000479. The van der Waals surface area contributed by atoms with E-state index >= 15 is 0 Å². The second-order valence-electron chi connectivity index (χ2n) is 10.6. The minimum Gasteiger partial charge on any atom is -0.475 e. The van der Waals surface area contributed by atoms with Crippen molar-refractivity contribution in [1.82, 2.24) is 9.80 Å². The number of carboxylic acids is 1. The normalized spacial score (nSPS) is 25.6. The molecule has 0 aromatic heterocycles. The summed E-state index contributed by atoms with van der Waals surface area (Å²) in [4.78, 5) is 26.5. The predicted molar refractivity (Wildman–Crippen MR) is 132 cm³/mol. The molecule has 7 nitrogen and oxygen atoms in total. The number of hydrogen-bond donors (Lipinski definition) is 2. The molecule has 1 aromatic rings. The van der Waals surface area contributed by atoms with Gasteiger partial charge < -0.3 is 24.7 Å². The molecule has 1 aromatic carbocycles. The van der Waals surface area contributed by atoms with Crippen LogP contribution >= 0.6 is 0 Å². The van der Waals surface area contributed by atoms with E-state index in [1.807, 2.05) is 23.1 Å². The molecule has 1 spiro atoms. The van der Waals surface area contributed by atoms with Crippen LogP contribution in [-0.2, 0) is 16.0 Å². The SMILES string of the molecule is CCc1ccccc1C(=O)N1CCC2(CC1)COC(CN(C)C1CCC(O)CC1)C2.O=C(O)C(F)(F)F. The summed E-state index contributed by atoms with van der Waals surface area (Å²) < 4.78 is 38.0. The number of hydrogen-bond acceptors (Lipinski definition) is 5. The third-order valence-corrected chi connectivity index (χ3v) is 8.05. The number of likely N-dealkylation sites (tertiary alicyclic amines) is 1. The Hall–Kier alpha value is -2.17. The number of carbonyl (C=O) groups is 2. The number of nitrogens with zero attached hydrogens (tertiary/aromatic N) is 2. The van der Waals surface area contributed by atoms with E-state index in [0.29, 0.717) is 12.1 Å². The van der Waals surface area contributed by atoms with Crippen molar-refractivity contribution < 1.29 is 37.7 Å². The van der Waals surface area contributed by atoms with E-state index < -0.39 is 12.1 Å². The Morgan fingerprint density at radius 1 is 1.14 bits per heavy atom. The molecule has 3 fully saturated rings. The number of ether oxygens (including phenoxy) is 1. The van der Waals surface area contributed by atoms with E-state index in [1.54, 1.807) is 0 Å². The van der Waals surface area contributed by atoms with Gasteiger partial charge in [-0.15, -0.1) is 0 Å².